The summed E-state index contributed by atoms with van der Waals surface area (Å²) in [5.41, 5.74) is 6.09. The third-order valence-electron chi connectivity index (χ3n) is 2.36. The number of rotatable bonds is 6. The summed E-state index contributed by atoms with van der Waals surface area (Å²) in [6.07, 6.45) is 0.679. The highest BCUT2D eigenvalue weighted by Gasteiger charge is 2.14. The van der Waals surface area contributed by atoms with E-state index < -0.39 is 11.6 Å². The number of carbonyl (C=O) groups is 2. The zero-order chi connectivity index (χ0) is 13.7. The third kappa shape index (κ3) is 3.69. The molecule has 18 heavy (non-hydrogen) atoms. The number of halogens is 1. The number of anilines is 1. The summed E-state index contributed by atoms with van der Waals surface area (Å²) >= 11 is 0. The first-order chi connectivity index (χ1) is 8.43. The fourth-order valence-corrected chi connectivity index (χ4v) is 1.40. The highest BCUT2D eigenvalue weighted by Crippen LogP contribution is 2.14. The molecule has 4 nitrogen and oxygen atoms in total. The van der Waals surface area contributed by atoms with Crippen LogP contribution in [0.2, 0.25) is 0 Å². The van der Waals surface area contributed by atoms with Gasteiger partial charge in [0.15, 0.2) is 0 Å². The Labute approximate surface area is 105 Å². The molecule has 0 heterocycles. The van der Waals surface area contributed by atoms with E-state index in [0.717, 1.165) is 5.56 Å². The molecule has 0 saturated carbocycles. The number of ketones is 2. The Bertz CT molecular complexity index is 498. The summed E-state index contributed by atoms with van der Waals surface area (Å²) in [6.45, 7) is 4.85. The van der Waals surface area contributed by atoms with Crippen molar-refractivity contribution in [2.24, 2.45) is 5.73 Å². The van der Waals surface area contributed by atoms with E-state index in [1.165, 1.54) is 12.1 Å². The van der Waals surface area contributed by atoms with Gasteiger partial charge in [-0.05, 0) is 30.2 Å². The summed E-state index contributed by atoms with van der Waals surface area (Å²) in [5.74, 6) is -1.92. The predicted octanol–water partition coefficient (Wildman–Crippen LogP) is 1.41. The number of aryl methyl sites for hydroxylation is 1. The van der Waals surface area contributed by atoms with E-state index in [1.807, 2.05) is 6.92 Å². The van der Waals surface area contributed by atoms with E-state index in [1.54, 1.807) is 6.07 Å². The van der Waals surface area contributed by atoms with Crippen molar-refractivity contribution in [3.05, 3.63) is 41.9 Å². The lowest BCUT2D eigenvalue weighted by molar-refractivity contribution is -0.133. The van der Waals surface area contributed by atoms with Gasteiger partial charge in [0, 0.05) is 5.69 Å². The molecule has 0 unspecified atom stereocenters. The molecule has 0 atom stereocenters. The summed E-state index contributed by atoms with van der Waals surface area (Å²) in [6, 6.07) is 4.40. The van der Waals surface area contributed by atoms with E-state index >= 15 is 0 Å². The van der Waals surface area contributed by atoms with E-state index in [-0.39, 0.29) is 18.1 Å². The second kappa shape index (κ2) is 5.95. The van der Waals surface area contributed by atoms with Crippen LogP contribution in [0.25, 0.3) is 0 Å². The van der Waals surface area contributed by atoms with Gasteiger partial charge < -0.3 is 11.1 Å². The zero-order valence-electron chi connectivity index (χ0n) is 10.1. The molecule has 0 spiro atoms. The Balaban J connectivity index is 2.69. The first-order valence-corrected chi connectivity index (χ1v) is 5.49. The van der Waals surface area contributed by atoms with Gasteiger partial charge in [0.2, 0.25) is 11.6 Å². The average molecular weight is 250 g/mol. The maximum Gasteiger partial charge on any atom is 0.245 e. The van der Waals surface area contributed by atoms with Crippen molar-refractivity contribution in [1.29, 1.82) is 0 Å². The van der Waals surface area contributed by atoms with Crippen molar-refractivity contribution in [2.45, 2.75) is 13.3 Å². The molecule has 0 aliphatic heterocycles. The van der Waals surface area contributed by atoms with Crippen LogP contribution in [-0.2, 0) is 16.0 Å². The van der Waals surface area contributed by atoms with Crippen LogP contribution < -0.4 is 11.1 Å². The minimum atomic E-state index is -0.824. The molecule has 0 fully saturated rings. The normalized spacial score (nSPS) is 9.89. The van der Waals surface area contributed by atoms with Crippen LogP contribution in [0, 0.1) is 5.82 Å². The van der Waals surface area contributed by atoms with Gasteiger partial charge in [-0.25, -0.2) is 4.39 Å². The van der Waals surface area contributed by atoms with Crippen LogP contribution in [0.5, 0.6) is 0 Å². The van der Waals surface area contributed by atoms with Gasteiger partial charge in [-0.15, -0.1) is 0 Å². The molecular weight excluding hydrogens is 235 g/mol. The van der Waals surface area contributed by atoms with Crippen molar-refractivity contribution < 1.29 is 14.0 Å². The van der Waals surface area contributed by atoms with Crippen LogP contribution >= 0.6 is 0 Å². The molecule has 0 aliphatic carbocycles. The predicted molar refractivity (Wildman–Crippen MR) is 67.6 cm³/mol. The molecule has 0 bridgehead atoms. The number of Topliss-reactive ketones (excluding diaryl/α,β-unsaturated/α-hetero) is 2. The van der Waals surface area contributed by atoms with Crippen LogP contribution in [0.1, 0.15) is 12.5 Å². The van der Waals surface area contributed by atoms with Crippen molar-refractivity contribution >= 4 is 17.3 Å². The largest absolute Gasteiger partial charge is 0.396 e. The van der Waals surface area contributed by atoms with Crippen LogP contribution in [0.15, 0.2) is 30.5 Å². The van der Waals surface area contributed by atoms with Crippen LogP contribution in [-0.4, -0.2) is 18.1 Å². The maximum atomic E-state index is 13.2. The standard InChI is InChI=1S/C13H15FN2O2/c1-3-9-4-10(14)6-11(5-9)16-7-12(17)13(18)8(2)15/h4-6,16H,2-3,7,15H2,1H3. The number of carbonyl (C=O) groups excluding carboxylic acids is 2. The zero-order valence-corrected chi connectivity index (χ0v) is 10.1. The molecule has 0 saturated heterocycles. The quantitative estimate of drug-likeness (QED) is 0.591. The van der Waals surface area contributed by atoms with Crippen molar-refractivity contribution in [3.63, 3.8) is 0 Å². The molecule has 0 amide bonds. The fraction of sp³-hybridized carbons (Fsp3) is 0.231. The Morgan fingerprint density at radius 3 is 2.61 bits per heavy atom. The molecule has 0 radical (unpaired) electrons. The number of allylic oxidation sites excluding steroid dienone is 1. The number of nitrogens with one attached hydrogen (secondary N) is 1. The average Bonchev–Trinajstić information content (AvgIpc) is 2.34. The minimum absolute atomic E-state index is 0.234. The van der Waals surface area contributed by atoms with Gasteiger partial charge in [-0.1, -0.05) is 13.5 Å². The van der Waals surface area contributed by atoms with Crippen molar-refractivity contribution in [3.8, 4) is 0 Å². The first kappa shape index (κ1) is 13.9. The molecular formula is C13H15FN2O2. The van der Waals surface area contributed by atoms with E-state index in [9.17, 15) is 14.0 Å². The van der Waals surface area contributed by atoms with Gasteiger partial charge in [-0.2, -0.15) is 0 Å². The van der Waals surface area contributed by atoms with Gasteiger partial charge in [0.25, 0.3) is 0 Å². The second-order valence-electron chi connectivity index (χ2n) is 3.83. The van der Waals surface area contributed by atoms with Crippen LogP contribution in [0.4, 0.5) is 10.1 Å². The Morgan fingerprint density at radius 1 is 1.39 bits per heavy atom. The van der Waals surface area contributed by atoms with Crippen molar-refractivity contribution in [2.75, 3.05) is 11.9 Å². The van der Waals surface area contributed by atoms with E-state index in [4.69, 9.17) is 5.73 Å². The fourth-order valence-electron chi connectivity index (χ4n) is 1.40. The molecule has 5 heteroatoms. The van der Waals surface area contributed by atoms with Crippen molar-refractivity contribution in [1.82, 2.24) is 0 Å². The SMILES string of the molecule is C=C(N)C(=O)C(=O)CNc1cc(F)cc(CC)c1. The monoisotopic (exact) mass is 250 g/mol. The first-order valence-electron chi connectivity index (χ1n) is 5.49. The van der Waals surface area contributed by atoms with Gasteiger partial charge in [0.05, 0.1) is 12.2 Å². The molecule has 1 aromatic rings. The molecule has 3 N–H and O–H groups in total. The minimum Gasteiger partial charge on any atom is -0.396 e. The maximum absolute atomic E-state index is 13.2. The highest BCUT2D eigenvalue weighted by molar-refractivity contribution is 6.44. The van der Waals surface area contributed by atoms with Crippen LogP contribution in [0.3, 0.4) is 0 Å². The van der Waals surface area contributed by atoms with E-state index in [0.29, 0.717) is 12.1 Å². The number of hydrogen-bond acceptors (Lipinski definition) is 4. The molecule has 0 aromatic heterocycles. The number of hydrogen-bond donors (Lipinski definition) is 2. The number of nitrogens with two attached hydrogens (primary N) is 1. The lowest BCUT2D eigenvalue weighted by atomic mass is 10.1. The summed E-state index contributed by atoms with van der Waals surface area (Å²) < 4.78 is 13.2. The molecule has 0 aliphatic rings. The van der Waals surface area contributed by atoms with E-state index in [2.05, 4.69) is 11.9 Å². The third-order valence-corrected chi connectivity index (χ3v) is 2.36. The lowest BCUT2D eigenvalue weighted by Crippen LogP contribution is -2.26. The molecule has 96 valence electrons. The topological polar surface area (TPSA) is 72.2 Å². The Hall–Kier alpha value is -2.17. The lowest BCUT2D eigenvalue weighted by Gasteiger charge is -2.07. The number of benzene rings is 1. The van der Waals surface area contributed by atoms with Gasteiger partial charge in [0.1, 0.15) is 5.82 Å². The molecule has 1 aromatic carbocycles. The Kier molecular flexibility index (Phi) is 4.59. The summed E-state index contributed by atoms with van der Waals surface area (Å²) in [7, 11) is 0. The second-order valence-corrected chi connectivity index (χ2v) is 3.83. The smallest absolute Gasteiger partial charge is 0.245 e. The van der Waals surface area contributed by atoms with Gasteiger partial charge >= 0.3 is 0 Å². The highest BCUT2D eigenvalue weighted by atomic mass is 19.1. The summed E-state index contributed by atoms with van der Waals surface area (Å²) in [4.78, 5) is 22.5. The molecule has 1 rings (SSSR count). The van der Waals surface area contributed by atoms with Gasteiger partial charge in [-0.3, -0.25) is 9.59 Å². The Morgan fingerprint density at radius 2 is 2.06 bits per heavy atom. The summed E-state index contributed by atoms with van der Waals surface area (Å²) in [5, 5.41) is 2.69.